The number of carbonyl (C=O) groups is 2. The average Bonchev–Trinajstić information content (AvgIpc) is 3.28. The zero-order valence-electron chi connectivity index (χ0n) is 13.4. The molecule has 128 valence electrons. The molecule has 0 aliphatic carbocycles. The van der Waals surface area contributed by atoms with Gasteiger partial charge in [-0.2, -0.15) is 0 Å². The first-order valence-electron chi connectivity index (χ1n) is 7.55. The standard InChI is InChI=1S/C16H16N6O2S/c1-11(23)18-14(15-6-3-7-25-15)9-16(24)19-12-4-2-5-13(8-12)22-10-17-20-21-22/h2-8,10,14H,9H2,1H3,(H,18,23)(H,19,24)/t14-/m1/s1. The van der Waals surface area contributed by atoms with Crippen LogP contribution in [0.25, 0.3) is 5.69 Å². The van der Waals surface area contributed by atoms with Crippen LogP contribution >= 0.6 is 11.3 Å². The van der Waals surface area contributed by atoms with E-state index in [1.807, 2.05) is 23.6 Å². The quantitative estimate of drug-likeness (QED) is 0.703. The Morgan fingerprint density at radius 1 is 1.28 bits per heavy atom. The van der Waals surface area contributed by atoms with Crippen LogP contribution in [0, 0.1) is 0 Å². The van der Waals surface area contributed by atoms with Gasteiger partial charge < -0.3 is 10.6 Å². The molecule has 2 aromatic heterocycles. The van der Waals surface area contributed by atoms with Crippen molar-refractivity contribution in [2.45, 2.75) is 19.4 Å². The maximum Gasteiger partial charge on any atom is 0.226 e. The maximum absolute atomic E-state index is 12.4. The summed E-state index contributed by atoms with van der Waals surface area (Å²) < 4.78 is 1.50. The van der Waals surface area contributed by atoms with Crippen LogP contribution in [0.4, 0.5) is 5.69 Å². The van der Waals surface area contributed by atoms with Crippen LogP contribution in [0.5, 0.6) is 0 Å². The maximum atomic E-state index is 12.4. The lowest BCUT2D eigenvalue weighted by molar-refractivity contribution is -0.120. The van der Waals surface area contributed by atoms with Crippen molar-refractivity contribution in [1.82, 2.24) is 25.5 Å². The van der Waals surface area contributed by atoms with Crippen LogP contribution in [0.3, 0.4) is 0 Å². The number of tetrazole rings is 1. The van der Waals surface area contributed by atoms with Crippen molar-refractivity contribution in [3.63, 3.8) is 0 Å². The normalized spacial score (nSPS) is 11.7. The number of anilines is 1. The highest BCUT2D eigenvalue weighted by molar-refractivity contribution is 7.10. The Labute approximate surface area is 147 Å². The van der Waals surface area contributed by atoms with Gasteiger partial charge in [0.1, 0.15) is 6.33 Å². The van der Waals surface area contributed by atoms with Gasteiger partial charge in [0.25, 0.3) is 0 Å². The van der Waals surface area contributed by atoms with Crippen LogP contribution in [-0.4, -0.2) is 32.0 Å². The van der Waals surface area contributed by atoms with Gasteiger partial charge in [-0.05, 0) is 40.1 Å². The van der Waals surface area contributed by atoms with Crippen molar-refractivity contribution in [3.05, 3.63) is 53.0 Å². The summed E-state index contributed by atoms with van der Waals surface area (Å²) >= 11 is 1.50. The molecule has 9 heteroatoms. The Morgan fingerprint density at radius 3 is 2.84 bits per heavy atom. The largest absolute Gasteiger partial charge is 0.348 e. The Morgan fingerprint density at radius 2 is 2.16 bits per heavy atom. The topological polar surface area (TPSA) is 102 Å². The summed E-state index contributed by atoms with van der Waals surface area (Å²) in [5.41, 5.74) is 1.37. The van der Waals surface area contributed by atoms with E-state index in [2.05, 4.69) is 26.2 Å². The van der Waals surface area contributed by atoms with E-state index in [4.69, 9.17) is 0 Å². The Hall–Kier alpha value is -3.07. The third kappa shape index (κ3) is 4.48. The fraction of sp³-hybridized carbons (Fsp3) is 0.188. The van der Waals surface area contributed by atoms with E-state index in [1.54, 1.807) is 18.2 Å². The molecule has 0 aliphatic rings. The number of aromatic nitrogens is 4. The Bertz CT molecular complexity index is 847. The lowest BCUT2D eigenvalue weighted by atomic mass is 10.1. The van der Waals surface area contributed by atoms with Gasteiger partial charge in [-0.25, -0.2) is 4.68 Å². The second-order valence-corrected chi connectivity index (χ2v) is 6.30. The van der Waals surface area contributed by atoms with E-state index < -0.39 is 0 Å². The van der Waals surface area contributed by atoms with Gasteiger partial charge in [0.05, 0.1) is 18.2 Å². The number of hydrogen-bond acceptors (Lipinski definition) is 6. The predicted octanol–water partition coefficient (Wildman–Crippen LogP) is 1.93. The van der Waals surface area contributed by atoms with Crippen molar-refractivity contribution in [2.24, 2.45) is 0 Å². The van der Waals surface area contributed by atoms with Crippen LogP contribution in [0.15, 0.2) is 48.1 Å². The Kier molecular flexibility index (Phi) is 5.14. The third-order valence-corrected chi connectivity index (χ3v) is 4.38. The van der Waals surface area contributed by atoms with Crippen LogP contribution in [-0.2, 0) is 9.59 Å². The molecule has 0 spiro atoms. The Balaban J connectivity index is 1.69. The zero-order valence-corrected chi connectivity index (χ0v) is 14.2. The number of carbonyl (C=O) groups excluding carboxylic acids is 2. The number of thiophene rings is 1. The zero-order chi connectivity index (χ0) is 17.6. The molecule has 0 radical (unpaired) electrons. The number of nitrogens with zero attached hydrogens (tertiary/aromatic N) is 4. The first kappa shape index (κ1) is 16.8. The molecule has 0 aliphatic heterocycles. The molecule has 2 N–H and O–H groups in total. The molecule has 25 heavy (non-hydrogen) atoms. The van der Waals surface area contributed by atoms with E-state index in [1.165, 1.54) is 29.3 Å². The van der Waals surface area contributed by atoms with Crippen molar-refractivity contribution < 1.29 is 9.59 Å². The number of nitrogens with one attached hydrogen (secondary N) is 2. The van der Waals surface area contributed by atoms with Crippen molar-refractivity contribution in [2.75, 3.05) is 5.32 Å². The van der Waals surface area contributed by atoms with Gasteiger partial charge in [0.2, 0.25) is 11.8 Å². The number of amides is 2. The molecule has 0 fully saturated rings. The van der Waals surface area contributed by atoms with E-state index in [-0.39, 0.29) is 24.3 Å². The van der Waals surface area contributed by atoms with E-state index >= 15 is 0 Å². The molecule has 0 saturated heterocycles. The molecule has 1 aromatic carbocycles. The fourth-order valence-corrected chi connectivity index (χ4v) is 3.14. The van der Waals surface area contributed by atoms with E-state index in [9.17, 15) is 9.59 Å². The summed E-state index contributed by atoms with van der Waals surface area (Å²) in [6.07, 6.45) is 1.62. The summed E-state index contributed by atoms with van der Waals surface area (Å²) in [6, 6.07) is 10.6. The van der Waals surface area contributed by atoms with Crippen LogP contribution in [0.1, 0.15) is 24.3 Å². The van der Waals surface area contributed by atoms with Gasteiger partial charge in [-0.1, -0.05) is 12.1 Å². The second kappa shape index (κ2) is 7.67. The van der Waals surface area contributed by atoms with Crippen LogP contribution in [0.2, 0.25) is 0 Å². The molecule has 3 aromatic rings. The third-order valence-electron chi connectivity index (χ3n) is 3.40. The van der Waals surface area contributed by atoms with Gasteiger partial charge in [-0.15, -0.1) is 16.4 Å². The van der Waals surface area contributed by atoms with E-state index in [0.29, 0.717) is 5.69 Å². The predicted molar refractivity (Wildman–Crippen MR) is 93.3 cm³/mol. The molecular weight excluding hydrogens is 340 g/mol. The second-order valence-electron chi connectivity index (χ2n) is 5.33. The minimum absolute atomic E-state index is 0.148. The lowest BCUT2D eigenvalue weighted by Gasteiger charge is -2.16. The van der Waals surface area contributed by atoms with E-state index in [0.717, 1.165) is 10.6 Å². The summed E-state index contributed by atoms with van der Waals surface area (Å²) in [7, 11) is 0. The highest BCUT2D eigenvalue weighted by atomic mass is 32.1. The van der Waals surface area contributed by atoms with Crippen molar-refractivity contribution in [3.8, 4) is 5.69 Å². The molecule has 2 amide bonds. The molecule has 0 unspecified atom stereocenters. The average molecular weight is 356 g/mol. The fourth-order valence-electron chi connectivity index (χ4n) is 2.36. The molecule has 1 atom stereocenters. The van der Waals surface area contributed by atoms with Gasteiger partial charge in [0, 0.05) is 17.5 Å². The minimum atomic E-state index is -0.347. The monoisotopic (exact) mass is 356 g/mol. The van der Waals surface area contributed by atoms with Gasteiger partial charge >= 0.3 is 0 Å². The minimum Gasteiger partial charge on any atom is -0.348 e. The number of rotatable bonds is 6. The van der Waals surface area contributed by atoms with Gasteiger partial charge in [0.15, 0.2) is 0 Å². The summed E-state index contributed by atoms with van der Waals surface area (Å²) in [4.78, 5) is 24.7. The first-order chi connectivity index (χ1) is 12.1. The molecular formula is C16H16N6O2S. The van der Waals surface area contributed by atoms with Crippen LogP contribution < -0.4 is 10.6 Å². The summed E-state index contributed by atoms with van der Waals surface area (Å²) in [6.45, 7) is 1.44. The molecule has 0 bridgehead atoms. The number of hydrogen-bond donors (Lipinski definition) is 2. The summed E-state index contributed by atoms with van der Waals surface area (Å²) in [5.74, 6) is -0.368. The lowest BCUT2D eigenvalue weighted by Crippen LogP contribution is -2.29. The van der Waals surface area contributed by atoms with Gasteiger partial charge in [-0.3, -0.25) is 9.59 Å². The molecule has 0 saturated carbocycles. The van der Waals surface area contributed by atoms with Crippen molar-refractivity contribution in [1.29, 1.82) is 0 Å². The first-order valence-corrected chi connectivity index (χ1v) is 8.43. The molecule has 3 rings (SSSR count). The smallest absolute Gasteiger partial charge is 0.226 e. The molecule has 2 heterocycles. The molecule has 8 nitrogen and oxygen atoms in total. The van der Waals surface area contributed by atoms with Crippen molar-refractivity contribution >= 4 is 28.8 Å². The SMILES string of the molecule is CC(=O)N[C@H](CC(=O)Nc1cccc(-n2cnnn2)c1)c1cccs1. The highest BCUT2D eigenvalue weighted by Gasteiger charge is 2.18. The number of benzene rings is 1. The summed E-state index contributed by atoms with van der Waals surface area (Å²) in [5, 5.41) is 18.6. The highest BCUT2D eigenvalue weighted by Crippen LogP contribution is 2.23.